The van der Waals surface area contributed by atoms with Crippen LogP contribution in [0.2, 0.25) is 0 Å². The molecule has 0 aliphatic heterocycles. The molecule has 1 rings (SSSR count). The molecule has 6 heteroatoms. The second-order valence-corrected chi connectivity index (χ2v) is 4.97. The van der Waals surface area contributed by atoms with E-state index >= 15 is 0 Å². The van der Waals surface area contributed by atoms with E-state index in [1.165, 1.54) is 6.07 Å². The highest BCUT2D eigenvalue weighted by Crippen LogP contribution is 2.31. The van der Waals surface area contributed by atoms with Gasteiger partial charge in [0.2, 0.25) is 0 Å². The summed E-state index contributed by atoms with van der Waals surface area (Å²) in [7, 11) is 1.65. The van der Waals surface area contributed by atoms with Crippen molar-refractivity contribution < 1.29 is 14.8 Å². The van der Waals surface area contributed by atoms with Crippen molar-refractivity contribution in [3.63, 3.8) is 0 Å². The van der Waals surface area contributed by atoms with E-state index in [2.05, 4.69) is 0 Å². The lowest BCUT2D eigenvalue weighted by molar-refractivity contribution is -0.386. The van der Waals surface area contributed by atoms with E-state index in [0.29, 0.717) is 5.56 Å². The number of benzene rings is 1. The minimum absolute atomic E-state index is 0.00281. The fourth-order valence-corrected chi connectivity index (χ4v) is 1.85. The summed E-state index contributed by atoms with van der Waals surface area (Å²) >= 11 is 0. The summed E-state index contributed by atoms with van der Waals surface area (Å²) < 4.78 is 0. The van der Waals surface area contributed by atoms with Crippen molar-refractivity contribution in [3.8, 4) is 0 Å². The molecule has 0 spiro atoms. The third-order valence-corrected chi connectivity index (χ3v) is 3.57. The van der Waals surface area contributed by atoms with E-state index in [-0.39, 0.29) is 11.7 Å². The fraction of sp³-hybridized carbons (Fsp3) is 0.462. The Morgan fingerprint density at radius 3 is 2.42 bits per heavy atom. The van der Waals surface area contributed by atoms with Crippen molar-refractivity contribution in [2.75, 3.05) is 7.05 Å². The first-order valence-electron chi connectivity index (χ1n) is 5.89. The van der Waals surface area contributed by atoms with Crippen LogP contribution in [0.3, 0.4) is 0 Å². The molecule has 1 aromatic carbocycles. The summed E-state index contributed by atoms with van der Waals surface area (Å²) in [4.78, 5) is 23.4. The Hall–Kier alpha value is -1.95. The highest BCUT2D eigenvalue weighted by Gasteiger charge is 2.36. The maximum absolute atomic E-state index is 11.2. The van der Waals surface area contributed by atoms with Crippen LogP contribution in [0.1, 0.15) is 32.4 Å². The molecule has 0 heterocycles. The number of carboxylic acids is 1. The number of rotatable bonds is 5. The highest BCUT2D eigenvalue weighted by atomic mass is 16.6. The monoisotopic (exact) mass is 266 g/mol. The summed E-state index contributed by atoms with van der Waals surface area (Å²) in [5, 5.41) is 20.2. The Kier molecular flexibility index (Phi) is 4.26. The number of carbonyl (C=O) groups is 1. The van der Waals surface area contributed by atoms with Gasteiger partial charge in [-0.1, -0.05) is 18.2 Å². The zero-order valence-electron chi connectivity index (χ0n) is 11.5. The quantitative estimate of drug-likeness (QED) is 0.653. The number of nitro benzene ring substituents is 1. The van der Waals surface area contributed by atoms with E-state index in [1.54, 1.807) is 50.9 Å². The van der Waals surface area contributed by atoms with Crippen molar-refractivity contribution in [2.45, 2.75) is 32.4 Å². The lowest BCUT2D eigenvalue weighted by Crippen LogP contribution is -2.48. The number of hydrogen-bond acceptors (Lipinski definition) is 4. The molecule has 1 aromatic rings. The summed E-state index contributed by atoms with van der Waals surface area (Å²) in [6, 6.07) is 6.00. The van der Waals surface area contributed by atoms with Gasteiger partial charge < -0.3 is 5.11 Å². The molecule has 0 aliphatic rings. The molecular formula is C13H18N2O4. The average Bonchev–Trinajstić information content (AvgIpc) is 2.36. The zero-order valence-corrected chi connectivity index (χ0v) is 11.5. The predicted octanol–water partition coefficient (Wildman–Crippen LogP) is 2.45. The number of nitrogens with zero attached hydrogens (tertiary/aromatic N) is 2. The first-order chi connectivity index (χ1) is 8.69. The normalized spacial score (nSPS) is 13.3. The van der Waals surface area contributed by atoms with Crippen LogP contribution in [0.4, 0.5) is 5.69 Å². The summed E-state index contributed by atoms with van der Waals surface area (Å²) in [6.45, 7) is 4.90. The van der Waals surface area contributed by atoms with Gasteiger partial charge in [-0.25, -0.2) is 0 Å². The molecule has 1 atom stereocenters. The molecule has 0 radical (unpaired) electrons. The van der Waals surface area contributed by atoms with E-state index in [9.17, 15) is 20.0 Å². The van der Waals surface area contributed by atoms with Crippen molar-refractivity contribution in [1.29, 1.82) is 0 Å². The molecular weight excluding hydrogens is 248 g/mol. The van der Waals surface area contributed by atoms with Gasteiger partial charge in [-0.3, -0.25) is 19.8 Å². The van der Waals surface area contributed by atoms with Crippen molar-refractivity contribution in [2.24, 2.45) is 0 Å². The van der Waals surface area contributed by atoms with Gasteiger partial charge >= 0.3 is 5.97 Å². The molecule has 0 aromatic heterocycles. The third kappa shape index (κ3) is 2.90. The number of likely N-dealkylation sites (N-methyl/N-ethyl adjacent to an activating group) is 1. The van der Waals surface area contributed by atoms with Crippen molar-refractivity contribution in [1.82, 2.24) is 4.90 Å². The predicted molar refractivity (Wildman–Crippen MR) is 71.0 cm³/mol. The standard InChI is InChI=1S/C13H18N2O4/c1-9(14(4)13(2,3)12(16)17)10-7-5-6-8-11(10)15(18)19/h5-9H,1-4H3,(H,16,17). The van der Waals surface area contributed by atoms with Crippen LogP contribution in [-0.4, -0.2) is 33.5 Å². The van der Waals surface area contributed by atoms with E-state index < -0.39 is 16.4 Å². The smallest absolute Gasteiger partial charge is 0.323 e. The van der Waals surface area contributed by atoms with Gasteiger partial charge in [-0.15, -0.1) is 0 Å². The van der Waals surface area contributed by atoms with Gasteiger partial charge in [0.05, 0.1) is 4.92 Å². The second-order valence-electron chi connectivity index (χ2n) is 4.97. The molecule has 0 bridgehead atoms. The second kappa shape index (κ2) is 5.36. The van der Waals surface area contributed by atoms with Gasteiger partial charge in [-0.2, -0.15) is 0 Å². The van der Waals surface area contributed by atoms with Gasteiger partial charge in [0.1, 0.15) is 5.54 Å². The third-order valence-electron chi connectivity index (χ3n) is 3.57. The highest BCUT2D eigenvalue weighted by molar-refractivity contribution is 5.77. The molecule has 0 saturated heterocycles. The Morgan fingerprint density at radius 2 is 1.95 bits per heavy atom. The van der Waals surface area contributed by atoms with E-state index in [0.717, 1.165) is 0 Å². The number of para-hydroxylation sites is 1. The van der Waals surface area contributed by atoms with Crippen LogP contribution in [0.5, 0.6) is 0 Å². The first kappa shape index (κ1) is 15.1. The number of nitro groups is 1. The molecule has 1 unspecified atom stereocenters. The van der Waals surface area contributed by atoms with Gasteiger partial charge in [-0.05, 0) is 27.8 Å². The Morgan fingerprint density at radius 1 is 1.42 bits per heavy atom. The van der Waals surface area contributed by atoms with Gasteiger partial charge in [0.15, 0.2) is 0 Å². The molecule has 0 aliphatic carbocycles. The number of carboxylic acid groups (broad SMARTS) is 1. The van der Waals surface area contributed by atoms with Crippen LogP contribution in [-0.2, 0) is 4.79 Å². The van der Waals surface area contributed by atoms with Crippen LogP contribution in [0.25, 0.3) is 0 Å². The Bertz CT molecular complexity index is 499. The molecule has 104 valence electrons. The minimum Gasteiger partial charge on any atom is -0.480 e. The molecule has 0 amide bonds. The molecule has 1 N–H and O–H groups in total. The van der Waals surface area contributed by atoms with Crippen LogP contribution in [0, 0.1) is 10.1 Å². The van der Waals surface area contributed by atoms with Crippen LogP contribution >= 0.6 is 0 Å². The molecule has 19 heavy (non-hydrogen) atoms. The SMILES string of the molecule is CC(c1ccccc1[N+](=O)[O-])N(C)C(C)(C)C(=O)O. The molecule has 0 fully saturated rings. The molecule has 0 saturated carbocycles. The lowest BCUT2D eigenvalue weighted by Gasteiger charge is -2.36. The maximum atomic E-state index is 11.2. The number of aliphatic carboxylic acids is 1. The zero-order chi connectivity index (χ0) is 14.8. The van der Waals surface area contributed by atoms with Crippen molar-refractivity contribution >= 4 is 11.7 Å². The van der Waals surface area contributed by atoms with Crippen LogP contribution in [0.15, 0.2) is 24.3 Å². The van der Waals surface area contributed by atoms with Crippen molar-refractivity contribution in [3.05, 3.63) is 39.9 Å². The van der Waals surface area contributed by atoms with E-state index in [4.69, 9.17) is 0 Å². The summed E-state index contributed by atoms with van der Waals surface area (Å²) in [5.74, 6) is -0.972. The minimum atomic E-state index is -1.11. The number of hydrogen-bond donors (Lipinski definition) is 1. The van der Waals surface area contributed by atoms with Gasteiger partial charge in [0, 0.05) is 17.7 Å². The average molecular weight is 266 g/mol. The van der Waals surface area contributed by atoms with Gasteiger partial charge in [0.25, 0.3) is 5.69 Å². The Labute approximate surface area is 111 Å². The molecule has 6 nitrogen and oxygen atoms in total. The van der Waals surface area contributed by atoms with E-state index in [1.807, 2.05) is 0 Å². The fourth-order valence-electron chi connectivity index (χ4n) is 1.85. The maximum Gasteiger partial charge on any atom is 0.323 e. The largest absolute Gasteiger partial charge is 0.480 e. The van der Waals surface area contributed by atoms with Crippen LogP contribution < -0.4 is 0 Å². The summed E-state index contributed by atoms with van der Waals surface area (Å²) in [5.41, 5.74) is -0.601. The first-order valence-corrected chi connectivity index (χ1v) is 5.89. The topological polar surface area (TPSA) is 83.7 Å². The summed E-state index contributed by atoms with van der Waals surface area (Å²) in [6.07, 6.45) is 0. The lowest BCUT2D eigenvalue weighted by atomic mass is 9.97. The Balaban J connectivity index is 3.17.